The fraction of sp³-hybridized carbons (Fsp3) is 0.188. The van der Waals surface area contributed by atoms with Crippen LogP contribution < -0.4 is 5.32 Å². The van der Waals surface area contributed by atoms with Gasteiger partial charge in [-0.2, -0.15) is 5.10 Å². The summed E-state index contributed by atoms with van der Waals surface area (Å²) in [7, 11) is 1.34. The van der Waals surface area contributed by atoms with E-state index in [1.54, 1.807) is 10.7 Å². The number of nitrogens with zero attached hydrogens (tertiary/aromatic N) is 3. The predicted molar refractivity (Wildman–Crippen MR) is 84.7 cm³/mol. The van der Waals surface area contributed by atoms with E-state index in [2.05, 4.69) is 15.4 Å². The second kappa shape index (κ2) is 6.05. The highest BCUT2D eigenvalue weighted by Gasteiger charge is 2.18. The van der Waals surface area contributed by atoms with Crippen molar-refractivity contribution >= 4 is 23.0 Å². The number of rotatable bonds is 4. The van der Waals surface area contributed by atoms with Gasteiger partial charge in [-0.15, -0.1) is 0 Å². The summed E-state index contributed by atoms with van der Waals surface area (Å²) in [6, 6.07) is 7.38. The number of esters is 1. The molecule has 118 valence electrons. The predicted octanol–water partition coefficient (Wildman–Crippen LogP) is 2.06. The molecule has 0 aliphatic carbocycles. The third-order valence-corrected chi connectivity index (χ3v) is 3.60. The van der Waals surface area contributed by atoms with E-state index in [0.717, 1.165) is 16.8 Å². The number of methoxy groups -OCH3 is 1. The van der Waals surface area contributed by atoms with Gasteiger partial charge in [-0.1, -0.05) is 12.1 Å². The molecule has 0 spiro atoms. The minimum Gasteiger partial charge on any atom is -0.465 e. The van der Waals surface area contributed by atoms with Crippen molar-refractivity contribution in [3.05, 3.63) is 53.5 Å². The number of aliphatic hydroxyl groups excluding tert-OH is 1. The van der Waals surface area contributed by atoms with E-state index < -0.39 is 5.97 Å². The fourth-order valence-corrected chi connectivity index (χ4v) is 2.45. The molecule has 0 unspecified atom stereocenters. The number of anilines is 2. The average molecular weight is 312 g/mol. The average Bonchev–Trinajstić information content (AvgIpc) is 2.92. The molecule has 2 N–H and O–H groups in total. The molecule has 3 rings (SSSR count). The van der Waals surface area contributed by atoms with Gasteiger partial charge in [0.05, 0.1) is 19.3 Å². The maximum atomic E-state index is 11.8. The first-order valence-electron chi connectivity index (χ1n) is 7.02. The monoisotopic (exact) mass is 312 g/mol. The van der Waals surface area contributed by atoms with E-state index in [1.807, 2.05) is 31.2 Å². The number of aliphatic hydroxyl groups is 1. The van der Waals surface area contributed by atoms with E-state index in [9.17, 15) is 9.90 Å². The SMILES string of the molecule is COC(=O)c1cn2ncnc(Nc3cccc(CO)c3)c2c1C. The van der Waals surface area contributed by atoms with Crippen LogP contribution in [0.4, 0.5) is 11.5 Å². The number of aryl methyl sites for hydroxylation is 1. The molecule has 0 atom stereocenters. The zero-order chi connectivity index (χ0) is 16.4. The normalized spacial score (nSPS) is 10.7. The van der Waals surface area contributed by atoms with Crippen LogP contribution in [-0.4, -0.2) is 32.8 Å². The Morgan fingerprint density at radius 1 is 1.43 bits per heavy atom. The lowest BCUT2D eigenvalue weighted by Gasteiger charge is -2.08. The molecule has 0 bridgehead atoms. The Morgan fingerprint density at radius 3 is 3.00 bits per heavy atom. The van der Waals surface area contributed by atoms with E-state index in [4.69, 9.17) is 4.74 Å². The molecule has 23 heavy (non-hydrogen) atoms. The Kier molecular flexibility index (Phi) is 3.94. The Morgan fingerprint density at radius 2 is 2.26 bits per heavy atom. The molecule has 0 saturated carbocycles. The van der Waals surface area contributed by atoms with E-state index in [1.165, 1.54) is 13.4 Å². The van der Waals surface area contributed by atoms with Crippen LogP contribution in [0.1, 0.15) is 21.5 Å². The van der Waals surface area contributed by atoms with Gasteiger partial charge >= 0.3 is 5.97 Å². The smallest absolute Gasteiger partial charge is 0.339 e. The van der Waals surface area contributed by atoms with E-state index in [0.29, 0.717) is 16.9 Å². The largest absolute Gasteiger partial charge is 0.465 e. The van der Waals surface area contributed by atoms with Gasteiger partial charge in [0.1, 0.15) is 11.8 Å². The van der Waals surface area contributed by atoms with Gasteiger partial charge in [-0.25, -0.2) is 14.3 Å². The summed E-state index contributed by atoms with van der Waals surface area (Å²) in [5.41, 5.74) is 3.46. The van der Waals surface area contributed by atoms with Gasteiger partial charge in [0.25, 0.3) is 0 Å². The van der Waals surface area contributed by atoms with Crippen molar-refractivity contribution in [2.75, 3.05) is 12.4 Å². The molecule has 2 heterocycles. The molecule has 0 saturated heterocycles. The molecule has 7 nitrogen and oxygen atoms in total. The number of nitrogens with one attached hydrogen (secondary N) is 1. The Labute approximate surface area is 132 Å². The van der Waals surface area contributed by atoms with Crippen molar-refractivity contribution in [1.29, 1.82) is 0 Å². The second-order valence-corrected chi connectivity index (χ2v) is 5.04. The number of fused-ring (bicyclic) bond motifs is 1. The summed E-state index contributed by atoms with van der Waals surface area (Å²) >= 11 is 0. The number of ether oxygens (including phenoxy) is 1. The molecule has 0 fully saturated rings. The zero-order valence-corrected chi connectivity index (χ0v) is 12.8. The Bertz CT molecular complexity index is 873. The van der Waals surface area contributed by atoms with E-state index in [-0.39, 0.29) is 6.61 Å². The summed E-state index contributed by atoms with van der Waals surface area (Å²) in [4.78, 5) is 16.1. The lowest BCUT2D eigenvalue weighted by atomic mass is 10.2. The minimum absolute atomic E-state index is 0.0364. The van der Waals surface area contributed by atoms with Crippen LogP contribution in [0.5, 0.6) is 0 Å². The molecule has 0 aliphatic rings. The van der Waals surface area contributed by atoms with Crippen LogP contribution in [0.2, 0.25) is 0 Å². The summed E-state index contributed by atoms with van der Waals surface area (Å²) in [6.45, 7) is 1.78. The van der Waals surface area contributed by atoms with Crippen molar-refractivity contribution in [1.82, 2.24) is 14.6 Å². The highest BCUT2D eigenvalue weighted by atomic mass is 16.5. The molecular weight excluding hydrogens is 296 g/mol. The molecule has 7 heteroatoms. The number of carbonyl (C=O) groups is 1. The molecule has 3 aromatic rings. The highest BCUT2D eigenvalue weighted by molar-refractivity contribution is 5.95. The van der Waals surface area contributed by atoms with Crippen LogP contribution >= 0.6 is 0 Å². The van der Waals surface area contributed by atoms with E-state index >= 15 is 0 Å². The minimum atomic E-state index is -0.416. The second-order valence-electron chi connectivity index (χ2n) is 5.04. The van der Waals surface area contributed by atoms with Crippen molar-refractivity contribution in [3.8, 4) is 0 Å². The first kappa shape index (κ1) is 15.0. The number of carbonyl (C=O) groups excluding carboxylic acids is 1. The van der Waals surface area contributed by atoms with Crippen LogP contribution in [0.3, 0.4) is 0 Å². The molecule has 0 radical (unpaired) electrons. The lowest BCUT2D eigenvalue weighted by Crippen LogP contribution is -2.01. The zero-order valence-electron chi connectivity index (χ0n) is 12.8. The Hall–Kier alpha value is -2.93. The first-order valence-corrected chi connectivity index (χ1v) is 7.02. The van der Waals surface area contributed by atoms with Gasteiger partial charge in [0.2, 0.25) is 0 Å². The number of hydrogen-bond acceptors (Lipinski definition) is 6. The molecule has 0 aliphatic heterocycles. The first-order chi connectivity index (χ1) is 11.1. The fourth-order valence-electron chi connectivity index (χ4n) is 2.45. The van der Waals surface area contributed by atoms with Gasteiger partial charge < -0.3 is 15.2 Å². The lowest BCUT2D eigenvalue weighted by molar-refractivity contribution is 0.0600. The van der Waals surface area contributed by atoms with Crippen LogP contribution in [-0.2, 0) is 11.3 Å². The maximum Gasteiger partial charge on any atom is 0.339 e. The third-order valence-electron chi connectivity index (χ3n) is 3.60. The molecular formula is C16H16N4O3. The standard InChI is InChI=1S/C16H16N4O3/c1-10-13(16(22)23-2)7-20-14(10)15(17-9-18-20)19-12-5-3-4-11(6-12)8-21/h3-7,9,21H,8H2,1-2H3,(H,17,18,19). The van der Waals surface area contributed by atoms with Crippen LogP contribution in [0, 0.1) is 6.92 Å². The maximum absolute atomic E-state index is 11.8. The van der Waals surface area contributed by atoms with Gasteiger partial charge in [0.15, 0.2) is 5.82 Å². The van der Waals surface area contributed by atoms with Crippen LogP contribution in [0.25, 0.3) is 5.52 Å². The number of benzene rings is 1. The van der Waals surface area contributed by atoms with Crippen molar-refractivity contribution in [2.45, 2.75) is 13.5 Å². The highest BCUT2D eigenvalue weighted by Crippen LogP contribution is 2.26. The molecule has 1 aromatic carbocycles. The van der Waals surface area contributed by atoms with Crippen molar-refractivity contribution in [2.24, 2.45) is 0 Å². The van der Waals surface area contributed by atoms with Gasteiger partial charge in [0, 0.05) is 11.9 Å². The van der Waals surface area contributed by atoms with Crippen molar-refractivity contribution < 1.29 is 14.6 Å². The molecule has 2 aromatic heterocycles. The summed E-state index contributed by atoms with van der Waals surface area (Å²) in [5.74, 6) is 0.156. The van der Waals surface area contributed by atoms with Crippen LogP contribution in [0.15, 0.2) is 36.8 Å². The topological polar surface area (TPSA) is 88.8 Å². The van der Waals surface area contributed by atoms with Gasteiger partial charge in [-0.3, -0.25) is 0 Å². The Balaban J connectivity index is 2.07. The summed E-state index contributed by atoms with van der Waals surface area (Å²) < 4.78 is 6.38. The number of hydrogen-bond donors (Lipinski definition) is 2. The van der Waals surface area contributed by atoms with Gasteiger partial charge in [-0.05, 0) is 30.2 Å². The summed E-state index contributed by atoms with van der Waals surface area (Å²) in [5, 5.41) is 16.6. The van der Waals surface area contributed by atoms with Crippen molar-refractivity contribution in [3.63, 3.8) is 0 Å². The molecule has 0 amide bonds. The quantitative estimate of drug-likeness (QED) is 0.717. The third kappa shape index (κ3) is 2.74. The summed E-state index contributed by atoms with van der Waals surface area (Å²) in [6.07, 6.45) is 3.03. The number of aromatic nitrogens is 3.